The smallest absolute Gasteiger partial charge is 0.341 e. The van der Waals surface area contributed by atoms with Gasteiger partial charge in [-0.2, -0.15) is 0 Å². The van der Waals surface area contributed by atoms with Crippen LogP contribution in [0.15, 0.2) is 0 Å². The molecule has 1 saturated carbocycles. The highest BCUT2D eigenvalue weighted by atomic mass is 32.1. The van der Waals surface area contributed by atoms with Crippen LogP contribution in [0.1, 0.15) is 79.1 Å². The van der Waals surface area contributed by atoms with Gasteiger partial charge in [0, 0.05) is 22.7 Å². The molecule has 1 aromatic heterocycles. The minimum atomic E-state index is -1.16. The van der Waals surface area contributed by atoms with Gasteiger partial charge in [0.05, 0.1) is 12.2 Å². The van der Waals surface area contributed by atoms with Crippen molar-refractivity contribution < 1.29 is 24.2 Å². The van der Waals surface area contributed by atoms with Crippen LogP contribution < -0.4 is 10.4 Å². The molecule has 154 valence electrons. The lowest BCUT2D eigenvalue weighted by Crippen LogP contribution is -2.42. The second-order valence-corrected chi connectivity index (χ2v) is 8.82. The maximum absolute atomic E-state index is 12.9. The number of rotatable bonds is 7. The van der Waals surface area contributed by atoms with Gasteiger partial charge >= 0.3 is 5.97 Å². The fourth-order valence-electron chi connectivity index (χ4n) is 4.18. The first-order valence-electron chi connectivity index (χ1n) is 10.4. The van der Waals surface area contributed by atoms with Crippen molar-refractivity contribution in [3.8, 4) is 0 Å². The highest BCUT2D eigenvalue weighted by Gasteiger charge is 2.34. The lowest BCUT2D eigenvalue weighted by atomic mass is 9.78. The minimum Gasteiger partial charge on any atom is -0.550 e. The molecule has 2 aliphatic carbocycles. The molecule has 2 aliphatic rings. The molecule has 1 heterocycles. The molecule has 0 aromatic carbocycles. The van der Waals surface area contributed by atoms with Crippen molar-refractivity contribution in [3.63, 3.8) is 0 Å². The van der Waals surface area contributed by atoms with E-state index in [9.17, 15) is 19.5 Å². The number of carbonyl (C=O) groups excluding carboxylic acids is 3. The zero-order chi connectivity index (χ0) is 20.1. The molecule has 0 radical (unpaired) electrons. The molecule has 1 fully saturated rings. The number of hydrogen-bond donors (Lipinski definition) is 1. The number of ether oxygens (including phenoxy) is 1. The molecule has 1 N–H and O–H groups in total. The molecular weight excluding hydrogens is 378 g/mol. The predicted octanol–water partition coefficient (Wildman–Crippen LogP) is 3.08. The number of aliphatic carboxylic acids is 1. The summed E-state index contributed by atoms with van der Waals surface area (Å²) in [6.07, 6.45) is 8.15. The van der Waals surface area contributed by atoms with Gasteiger partial charge in [0.25, 0.3) is 0 Å². The Morgan fingerprint density at radius 2 is 1.82 bits per heavy atom. The third-order valence-corrected chi connectivity index (χ3v) is 6.96. The molecule has 0 aliphatic heterocycles. The lowest BCUT2D eigenvalue weighted by Gasteiger charge is -2.31. The van der Waals surface area contributed by atoms with E-state index in [0.717, 1.165) is 61.8 Å². The number of carboxylic acids is 1. The first-order chi connectivity index (χ1) is 13.5. The van der Waals surface area contributed by atoms with Crippen molar-refractivity contribution >= 4 is 34.2 Å². The molecule has 0 bridgehead atoms. The van der Waals surface area contributed by atoms with Crippen LogP contribution in [-0.4, -0.2) is 24.5 Å². The molecule has 1 aromatic rings. The maximum Gasteiger partial charge on any atom is 0.341 e. The second-order valence-electron chi connectivity index (χ2n) is 7.71. The van der Waals surface area contributed by atoms with Crippen molar-refractivity contribution in [2.75, 3.05) is 11.9 Å². The number of nitrogens with one attached hydrogen (secondary N) is 1. The van der Waals surface area contributed by atoms with Gasteiger partial charge in [-0.3, -0.25) is 4.79 Å². The molecule has 6 nitrogen and oxygen atoms in total. The Hall–Kier alpha value is -1.89. The van der Waals surface area contributed by atoms with Crippen molar-refractivity contribution in [1.82, 2.24) is 0 Å². The fourth-order valence-corrected chi connectivity index (χ4v) is 5.46. The van der Waals surface area contributed by atoms with Gasteiger partial charge in [0.2, 0.25) is 5.91 Å². The number of esters is 1. The van der Waals surface area contributed by atoms with Crippen LogP contribution >= 0.6 is 11.3 Å². The average Bonchev–Trinajstić information content (AvgIpc) is 3.05. The molecule has 2 atom stereocenters. The average molecular weight is 407 g/mol. The molecule has 28 heavy (non-hydrogen) atoms. The Morgan fingerprint density at radius 3 is 2.54 bits per heavy atom. The quantitative estimate of drug-likeness (QED) is 0.555. The molecule has 0 spiro atoms. The normalized spacial score (nSPS) is 21.6. The summed E-state index contributed by atoms with van der Waals surface area (Å²) in [5.41, 5.74) is 1.47. The van der Waals surface area contributed by atoms with Crippen molar-refractivity contribution in [3.05, 3.63) is 16.0 Å². The van der Waals surface area contributed by atoms with Crippen LogP contribution in [0.3, 0.4) is 0 Å². The molecule has 1 amide bonds. The molecular formula is C21H28NO5S-. The Morgan fingerprint density at radius 1 is 1.11 bits per heavy atom. The SMILES string of the molecule is CCCCOC(=O)c1c(NC(=O)[C@@H]2CCCC[C@H]2C(=O)[O-])sc2c1CCCC2. The van der Waals surface area contributed by atoms with Gasteiger partial charge in [-0.1, -0.05) is 26.2 Å². The number of aryl methyl sites for hydroxylation is 1. The number of amides is 1. The monoisotopic (exact) mass is 406 g/mol. The summed E-state index contributed by atoms with van der Waals surface area (Å²) in [5, 5.41) is 14.8. The van der Waals surface area contributed by atoms with E-state index >= 15 is 0 Å². The third-order valence-electron chi connectivity index (χ3n) is 5.75. The molecule has 7 heteroatoms. The van der Waals surface area contributed by atoms with E-state index in [1.54, 1.807) is 0 Å². The highest BCUT2D eigenvalue weighted by Crippen LogP contribution is 2.39. The summed E-state index contributed by atoms with van der Waals surface area (Å²) >= 11 is 1.44. The second kappa shape index (κ2) is 9.54. The standard InChI is InChI=1S/C21H29NO5S/c1-2-3-12-27-21(26)17-15-10-6-7-11-16(15)28-19(17)22-18(23)13-8-4-5-9-14(13)20(24)25/h13-14H,2-12H2,1H3,(H,22,23)(H,24,25)/p-1/t13-,14-/m1/s1. The summed E-state index contributed by atoms with van der Waals surface area (Å²) in [6.45, 7) is 2.40. The highest BCUT2D eigenvalue weighted by molar-refractivity contribution is 7.17. The number of unbranched alkanes of at least 4 members (excludes halogenated alkanes) is 1. The maximum atomic E-state index is 12.9. The van der Waals surface area contributed by atoms with Crippen molar-refractivity contribution in [2.45, 2.75) is 71.1 Å². The first-order valence-corrected chi connectivity index (χ1v) is 11.2. The Balaban J connectivity index is 1.82. The Labute approximate surface area is 169 Å². The van der Waals surface area contributed by atoms with Crippen LogP contribution in [0.2, 0.25) is 0 Å². The van der Waals surface area contributed by atoms with Crippen LogP contribution in [0.25, 0.3) is 0 Å². The predicted molar refractivity (Wildman–Crippen MR) is 105 cm³/mol. The zero-order valence-corrected chi connectivity index (χ0v) is 17.2. The third kappa shape index (κ3) is 4.57. The van der Waals surface area contributed by atoms with E-state index in [-0.39, 0.29) is 11.9 Å². The van der Waals surface area contributed by atoms with Gasteiger partial charge < -0.3 is 20.0 Å². The number of thiophene rings is 1. The number of hydrogen-bond acceptors (Lipinski definition) is 6. The van der Waals surface area contributed by atoms with E-state index in [1.165, 1.54) is 11.3 Å². The summed E-state index contributed by atoms with van der Waals surface area (Å²) in [7, 11) is 0. The van der Waals surface area contributed by atoms with Crippen molar-refractivity contribution in [2.24, 2.45) is 11.8 Å². The largest absolute Gasteiger partial charge is 0.550 e. The Bertz CT molecular complexity index is 741. The van der Waals surface area contributed by atoms with Gasteiger partial charge in [-0.25, -0.2) is 4.79 Å². The summed E-state index contributed by atoms with van der Waals surface area (Å²) in [5.74, 6) is -3.24. The molecule has 0 unspecified atom stereocenters. The van der Waals surface area contributed by atoms with Crippen LogP contribution in [-0.2, 0) is 27.2 Å². The number of carboxylic acid groups (broad SMARTS) is 1. The fraction of sp³-hybridized carbons (Fsp3) is 0.667. The first kappa shape index (κ1) is 20.8. The molecule has 0 saturated heterocycles. The van der Waals surface area contributed by atoms with E-state index in [1.807, 2.05) is 6.92 Å². The van der Waals surface area contributed by atoms with E-state index in [4.69, 9.17) is 4.74 Å². The summed E-state index contributed by atoms with van der Waals surface area (Å²) in [6, 6.07) is 0. The van der Waals surface area contributed by atoms with Gasteiger partial charge in [-0.05, 0) is 50.5 Å². The van der Waals surface area contributed by atoms with Crippen LogP contribution in [0, 0.1) is 11.8 Å². The number of anilines is 1. The number of fused-ring (bicyclic) bond motifs is 1. The molecule has 3 rings (SSSR count). The van der Waals surface area contributed by atoms with Crippen LogP contribution in [0.4, 0.5) is 5.00 Å². The van der Waals surface area contributed by atoms with Crippen molar-refractivity contribution in [1.29, 1.82) is 0 Å². The topological polar surface area (TPSA) is 95.5 Å². The zero-order valence-electron chi connectivity index (χ0n) is 16.4. The summed E-state index contributed by atoms with van der Waals surface area (Å²) < 4.78 is 5.43. The minimum absolute atomic E-state index is 0.324. The van der Waals surface area contributed by atoms with Gasteiger partial charge in [0.1, 0.15) is 5.00 Å². The van der Waals surface area contributed by atoms with E-state index in [2.05, 4.69) is 5.32 Å². The van der Waals surface area contributed by atoms with E-state index < -0.39 is 17.8 Å². The Kier molecular flexibility index (Phi) is 7.10. The number of carbonyl (C=O) groups is 3. The van der Waals surface area contributed by atoms with Gasteiger partial charge in [0.15, 0.2) is 0 Å². The lowest BCUT2D eigenvalue weighted by molar-refractivity contribution is -0.313. The van der Waals surface area contributed by atoms with E-state index in [0.29, 0.717) is 30.0 Å². The van der Waals surface area contributed by atoms with Crippen LogP contribution in [0.5, 0.6) is 0 Å². The summed E-state index contributed by atoms with van der Waals surface area (Å²) in [4.78, 5) is 38.2. The van der Waals surface area contributed by atoms with Gasteiger partial charge in [-0.15, -0.1) is 11.3 Å².